The van der Waals surface area contributed by atoms with Crippen LogP contribution in [0.5, 0.6) is 0 Å². The van der Waals surface area contributed by atoms with Crippen LogP contribution in [0.15, 0.2) is 24.3 Å². The summed E-state index contributed by atoms with van der Waals surface area (Å²) in [7, 11) is 0. The van der Waals surface area contributed by atoms with Crippen LogP contribution in [0.25, 0.3) is 0 Å². The summed E-state index contributed by atoms with van der Waals surface area (Å²) in [6, 6.07) is 6.77. The first-order valence-corrected chi connectivity index (χ1v) is 7.77. The van der Waals surface area contributed by atoms with E-state index in [1.165, 1.54) is 12.1 Å². The van der Waals surface area contributed by atoms with E-state index in [4.69, 9.17) is 0 Å². The molecule has 0 aliphatic carbocycles. The molecule has 1 aliphatic heterocycles. The topological polar surface area (TPSA) is 32.3 Å². The molecule has 0 saturated carbocycles. The third kappa shape index (κ3) is 4.27. The molecule has 1 aromatic rings. The Bertz CT molecular complexity index is 464. The van der Waals surface area contributed by atoms with E-state index in [0.29, 0.717) is 6.04 Å². The first-order valence-electron chi connectivity index (χ1n) is 7.77. The average molecular weight is 292 g/mol. The zero-order valence-electron chi connectivity index (χ0n) is 13.1. The van der Waals surface area contributed by atoms with Gasteiger partial charge in [0.2, 0.25) is 5.91 Å². The molecule has 3 nitrogen and oxygen atoms in total. The minimum atomic E-state index is -0.252. The molecule has 4 heteroatoms. The predicted molar refractivity (Wildman–Crippen MR) is 82.4 cm³/mol. The summed E-state index contributed by atoms with van der Waals surface area (Å²) in [4.78, 5) is 14.7. The highest BCUT2D eigenvalue weighted by atomic mass is 19.1. The zero-order chi connectivity index (χ0) is 15.4. The second kappa shape index (κ2) is 7.03. The largest absolute Gasteiger partial charge is 0.349 e. The third-order valence-corrected chi connectivity index (χ3v) is 4.36. The maximum absolute atomic E-state index is 12.9. The molecule has 1 fully saturated rings. The van der Waals surface area contributed by atoms with E-state index >= 15 is 0 Å². The number of rotatable bonds is 4. The van der Waals surface area contributed by atoms with Crippen LogP contribution >= 0.6 is 0 Å². The van der Waals surface area contributed by atoms with Crippen LogP contribution in [0.3, 0.4) is 0 Å². The Balaban J connectivity index is 1.86. The van der Waals surface area contributed by atoms with Crippen molar-refractivity contribution >= 4 is 5.91 Å². The van der Waals surface area contributed by atoms with Crippen LogP contribution in [0, 0.1) is 11.7 Å². The number of nitrogens with zero attached hydrogens (tertiary/aromatic N) is 1. The number of nitrogens with one attached hydrogen (secondary N) is 1. The van der Waals surface area contributed by atoms with Gasteiger partial charge in [0.1, 0.15) is 5.82 Å². The monoisotopic (exact) mass is 292 g/mol. The lowest BCUT2D eigenvalue weighted by Crippen LogP contribution is -2.43. The number of hydrogen-bond acceptors (Lipinski definition) is 2. The number of carbonyl (C=O) groups excluding carboxylic acids is 1. The number of likely N-dealkylation sites (tertiary alicyclic amines) is 1. The number of carbonyl (C=O) groups is 1. The molecule has 0 bridgehead atoms. The number of piperidine rings is 1. The number of benzene rings is 1. The van der Waals surface area contributed by atoms with Crippen molar-refractivity contribution in [1.82, 2.24) is 10.2 Å². The van der Waals surface area contributed by atoms with E-state index in [0.717, 1.165) is 31.5 Å². The molecular weight excluding hydrogens is 267 g/mol. The lowest BCUT2D eigenvalue weighted by molar-refractivity contribution is -0.127. The Morgan fingerprint density at radius 3 is 2.29 bits per heavy atom. The summed E-state index contributed by atoms with van der Waals surface area (Å²) < 4.78 is 12.9. The first-order chi connectivity index (χ1) is 9.97. The lowest BCUT2D eigenvalue weighted by Gasteiger charge is -2.34. The van der Waals surface area contributed by atoms with E-state index in [1.54, 1.807) is 12.1 Å². The summed E-state index contributed by atoms with van der Waals surface area (Å²) in [5, 5.41) is 3.05. The first kappa shape index (κ1) is 16.0. The normalized spacial score (nSPS) is 18.7. The molecular formula is C17H25FN2O. The van der Waals surface area contributed by atoms with Gasteiger partial charge >= 0.3 is 0 Å². The quantitative estimate of drug-likeness (QED) is 0.924. The minimum absolute atomic E-state index is 0.0822. The third-order valence-electron chi connectivity index (χ3n) is 4.36. The molecule has 21 heavy (non-hydrogen) atoms. The molecule has 1 heterocycles. The van der Waals surface area contributed by atoms with Crippen LogP contribution < -0.4 is 5.32 Å². The molecule has 1 saturated heterocycles. The molecule has 1 aliphatic rings. The van der Waals surface area contributed by atoms with Crippen molar-refractivity contribution in [3.05, 3.63) is 35.6 Å². The van der Waals surface area contributed by atoms with Crippen molar-refractivity contribution in [2.24, 2.45) is 5.92 Å². The SMILES string of the molecule is CC(NC(=O)C1CCN(C(C)C)CC1)c1ccc(F)cc1. The van der Waals surface area contributed by atoms with E-state index in [2.05, 4.69) is 24.1 Å². The van der Waals surface area contributed by atoms with E-state index in [9.17, 15) is 9.18 Å². The van der Waals surface area contributed by atoms with Gasteiger partial charge in [0, 0.05) is 12.0 Å². The maximum atomic E-state index is 12.9. The van der Waals surface area contributed by atoms with Crippen molar-refractivity contribution in [1.29, 1.82) is 0 Å². The van der Waals surface area contributed by atoms with Gasteiger partial charge in [0.05, 0.1) is 6.04 Å². The highest BCUT2D eigenvalue weighted by molar-refractivity contribution is 5.79. The minimum Gasteiger partial charge on any atom is -0.349 e. The fraction of sp³-hybridized carbons (Fsp3) is 0.588. The predicted octanol–water partition coefficient (Wildman–Crippen LogP) is 3.12. The lowest BCUT2D eigenvalue weighted by atomic mass is 9.94. The van der Waals surface area contributed by atoms with Gasteiger partial charge in [0.15, 0.2) is 0 Å². The van der Waals surface area contributed by atoms with Crippen molar-refractivity contribution in [2.75, 3.05) is 13.1 Å². The number of halogens is 1. The molecule has 116 valence electrons. The van der Waals surface area contributed by atoms with Gasteiger partial charge in [-0.1, -0.05) is 12.1 Å². The Morgan fingerprint density at radius 2 is 1.76 bits per heavy atom. The van der Waals surface area contributed by atoms with Crippen molar-refractivity contribution in [3.63, 3.8) is 0 Å². The second-order valence-corrected chi connectivity index (χ2v) is 6.19. The van der Waals surface area contributed by atoms with Crippen LogP contribution in [0.1, 0.15) is 45.2 Å². The molecule has 1 aromatic carbocycles. The van der Waals surface area contributed by atoms with Gasteiger partial charge in [-0.05, 0) is 64.4 Å². The fourth-order valence-electron chi connectivity index (χ4n) is 2.84. The molecule has 0 aromatic heterocycles. The summed E-state index contributed by atoms with van der Waals surface area (Å²) >= 11 is 0. The smallest absolute Gasteiger partial charge is 0.223 e. The summed E-state index contributed by atoms with van der Waals surface area (Å²) in [5.74, 6) is -0.0311. The highest BCUT2D eigenvalue weighted by Gasteiger charge is 2.26. The van der Waals surface area contributed by atoms with E-state index < -0.39 is 0 Å². The van der Waals surface area contributed by atoms with Gasteiger partial charge < -0.3 is 10.2 Å². The average Bonchev–Trinajstić information content (AvgIpc) is 2.47. The van der Waals surface area contributed by atoms with Gasteiger partial charge in [-0.15, -0.1) is 0 Å². The standard InChI is InChI=1S/C17H25FN2O/c1-12(2)20-10-8-15(9-11-20)17(21)19-13(3)14-4-6-16(18)7-5-14/h4-7,12-13,15H,8-11H2,1-3H3,(H,19,21). The van der Waals surface area contributed by atoms with E-state index in [1.807, 2.05) is 6.92 Å². The van der Waals surface area contributed by atoms with Crippen LogP contribution in [0.2, 0.25) is 0 Å². The van der Waals surface area contributed by atoms with Crippen LogP contribution in [0.4, 0.5) is 4.39 Å². The number of amides is 1. The van der Waals surface area contributed by atoms with Crippen molar-refractivity contribution < 1.29 is 9.18 Å². The highest BCUT2D eigenvalue weighted by Crippen LogP contribution is 2.21. The molecule has 1 amide bonds. The maximum Gasteiger partial charge on any atom is 0.223 e. The molecule has 0 spiro atoms. The fourth-order valence-corrected chi connectivity index (χ4v) is 2.84. The van der Waals surface area contributed by atoms with E-state index in [-0.39, 0.29) is 23.7 Å². The van der Waals surface area contributed by atoms with Gasteiger partial charge in [-0.3, -0.25) is 4.79 Å². The summed E-state index contributed by atoms with van der Waals surface area (Å²) in [5.41, 5.74) is 0.935. The molecule has 0 radical (unpaired) electrons. The molecule has 1 N–H and O–H groups in total. The van der Waals surface area contributed by atoms with Crippen molar-refractivity contribution in [3.8, 4) is 0 Å². The molecule has 1 atom stereocenters. The Morgan fingerprint density at radius 1 is 1.19 bits per heavy atom. The Kier molecular flexibility index (Phi) is 5.34. The van der Waals surface area contributed by atoms with Crippen molar-refractivity contribution in [2.45, 2.75) is 45.7 Å². The van der Waals surface area contributed by atoms with Gasteiger partial charge in [0.25, 0.3) is 0 Å². The Labute approximate surface area is 126 Å². The molecule has 1 unspecified atom stereocenters. The number of hydrogen-bond donors (Lipinski definition) is 1. The van der Waals surface area contributed by atoms with Gasteiger partial charge in [-0.2, -0.15) is 0 Å². The summed E-state index contributed by atoms with van der Waals surface area (Å²) in [6.45, 7) is 8.30. The van der Waals surface area contributed by atoms with Crippen LogP contribution in [-0.2, 0) is 4.79 Å². The second-order valence-electron chi connectivity index (χ2n) is 6.19. The van der Waals surface area contributed by atoms with Gasteiger partial charge in [-0.25, -0.2) is 4.39 Å². The van der Waals surface area contributed by atoms with Crippen LogP contribution in [-0.4, -0.2) is 29.9 Å². The Hall–Kier alpha value is -1.42. The zero-order valence-corrected chi connectivity index (χ0v) is 13.1. The summed E-state index contributed by atoms with van der Waals surface area (Å²) in [6.07, 6.45) is 1.83. The molecule has 2 rings (SSSR count).